The first-order chi connectivity index (χ1) is 7.19. The highest BCUT2D eigenvalue weighted by molar-refractivity contribution is 8.24. The predicted molar refractivity (Wildman–Crippen MR) is 66.7 cm³/mol. The quantitative estimate of drug-likeness (QED) is 0.801. The number of nitrogens with one attached hydrogen (secondary N) is 1. The molecular weight excluding hydrogens is 226 g/mol. The minimum atomic E-state index is -0.516. The number of carbonyl (C=O) groups excluding carboxylic acids is 1. The van der Waals surface area contributed by atoms with Gasteiger partial charge in [-0.1, -0.05) is 61.2 Å². The third-order valence-corrected chi connectivity index (χ3v) is 4.29. The molecule has 0 radical (unpaired) electrons. The Balaban J connectivity index is 2.47. The summed E-state index contributed by atoms with van der Waals surface area (Å²) in [6.45, 7) is 2.01. The van der Waals surface area contributed by atoms with Crippen LogP contribution in [0.15, 0.2) is 30.3 Å². The second-order valence-corrected chi connectivity index (χ2v) is 5.37. The van der Waals surface area contributed by atoms with Gasteiger partial charge in [0, 0.05) is 0 Å². The maximum Gasteiger partial charge on any atom is 0.246 e. The topological polar surface area (TPSA) is 29.1 Å². The van der Waals surface area contributed by atoms with Gasteiger partial charge in [-0.3, -0.25) is 4.79 Å². The second kappa shape index (κ2) is 3.94. The molecule has 4 heteroatoms. The molecule has 1 N–H and O–H groups in total. The summed E-state index contributed by atoms with van der Waals surface area (Å²) in [4.78, 5) is 11.9. The molecule has 0 saturated carbocycles. The van der Waals surface area contributed by atoms with E-state index in [1.807, 2.05) is 37.3 Å². The zero-order valence-corrected chi connectivity index (χ0v) is 9.95. The average Bonchev–Trinajstić information content (AvgIpc) is 2.56. The van der Waals surface area contributed by atoms with E-state index in [1.165, 1.54) is 11.8 Å². The van der Waals surface area contributed by atoms with E-state index in [9.17, 15) is 4.79 Å². The number of rotatable bonds is 2. The summed E-state index contributed by atoms with van der Waals surface area (Å²) in [5, 5.41) is 2.71. The van der Waals surface area contributed by atoms with E-state index in [1.54, 1.807) is 0 Å². The molecule has 15 heavy (non-hydrogen) atoms. The van der Waals surface area contributed by atoms with Gasteiger partial charge in [0.15, 0.2) is 0 Å². The summed E-state index contributed by atoms with van der Waals surface area (Å²) < 4.78 is 0.0592. The van der Waals surface area contributed by atoms with Gasteiger partial charge in [0.1, 0.15) is 9.07 Å². The fourth-order valence-electron chi connectivity index (χ4n) is 1.76. The minimum absolute atomic E-state index is 0.00574. The molecule has 1 aromatic rings. The summed E-state index contributed by atoms with van der Waals surface area (Å²) in [5.41, 5.74) is 1.02. The standard InChI is InChI=1S/C11H11NOS2/c1-2-11(8-6-4-3-5-7-8)9(13)12-10(14)15-11/h3-7H,2H2,1H3,(H,12,13,14). The Morgan fingerprint density at radius 1 is 1.40 bits per heavy atom. The van der Waals surface area contributed by atoms with Crippen LogP contribution in [-0.2, 0) is 9.54 Å². The van der Waals surface area contributed by atoms with Gasteiger partial charge in [-0.2, -0.15) is 0 Å². The van der Waals surface area contributed by atoms with E-state index in [4.69, 9.17) is 12.2 Å². The van der Waals surface area contributed by atoms with E-state index in [0.717, 1.165) is 12.0 Å². The Bertz CT molecular complexity index is 404. The van der Waals surface area contributed by atoms with Crippen molar-refractivity contribution in [3.8, 4) is 0 Å². The Morgan fingerprint density at radius 2 is 2.07 bits per heavy atom. The molecular formula is C11H11NOS2. The van der Waals surface area contributed by atoms with Crippen LogP contribution in [0.25, 0.3) is 0 Å². The summed E-state index contributed by atoms with van der Waals surface area (Å²) >= 11 is 6.49. The highest BCUT2D eigenvalue weighted by Gasteiger charge is 2.45. The monoisotopic (exact) mass is 237 g/mol. The van der Waals surface area contributed by atoms with Gasteiger partial charge in [-0.25, -0.2) is 0 Å². The fraction of sp³-hybridized carbons (Fsp3) is 0.273. The minimum Gasteiger partial charge on any atom is -0.310 e. The lowest BCUT2D eigenvalue weighted by Crippen LogP contribution is -2.33. The van der Waals surface area contributed by atoms with Crippen molar-refractivity contribution in [3.05, 3.63) is 35.9 Å². The van der Waals surface area contributed by atoms with Gasteiger partial charge < -0.3 is 5.32 Å². The number of hydrogen-bond donors (Lipinski definition) is 1. The Kier molecular flexibility index (Phi) is 2.80. The van der Waals surface area contributed by atoms with Crippen LogP contribution in [0.1, 0.15) is 18.9 Å². The van der Waals surface area contributed by atoms with Crippen LogP contribution in [0.3, 0.4) is 0 Å². The van der Waals surface area contributed by atoms with Gasteiger partial charge >= 0.3 is 0 Å². The largest absolute Gasteiger partial charge is 0.310 e. The molecule has 1 unspecified atom stereocenters. The Labute approximate surface area is 98.4 Å². The summed E-state index contributed by atoms with van der Waals surface area (Å²) in [5.74, 6) is 0.00574. The van der Waals surface area contributed by atoms with Gasteiger partial charge in [-0.05, 0) is 12.0 Å². The molecule has 1 heterocycles. The average molecular weight is 237 g/mol. The van der Waals surface area contributed by atoms with E-state index in [0.29, 0.717) is 4.32 Å². The first-order valence-corrected chi connectivity index (χ1v) is 6.01. The number of hydrogen-bond acceptors (Lipinski definition) is 3. The first-order valence-electron chi connectivity index (χ1n) is 4.79. The number of thioether (sulfide) groups is 1. The van der Waals surface area contributed by atoms with Crippen LogP contribution in [0.4, 0.5) is 0 Å². The molecule has 0 spiro atoms. The normalized spacial score (nSPS) is 25.4. The molecule has 2 rings (SSSR count). The van der Waals surface area contributed by atoms with Crippen molar-refractivity contribution >= 4 is 34.2 Å². The van der Waals surface area contributed by atoms with Gasteiger partial charge in [-0.15, -0.1) is 0 Å². The highest BCUT2D eigenvalue weighted by Crippen LogP contribution is 2.44. The van der Waals surface area contributed by atoms with Crippen molar-refractivity contribution in [1.29, 1.82) is 0 Å². The molecule has 1 amide bonds. The molecule has 2 nitrogen and oxygen atoms in total. The van der Waals surface area contributed by atoms with Crippen LogP contribution < -0.4 is 5.32 Å². The molecule has 0 bridgehead atoms. The maximum atomic E-state index is 11.9. The smallest absolute Gasteiger partial charge is 0.246 e. The number of carbonyl (C=O) groups is 1. The molecule has 1 saturated heterocycles. The van der Waals surface area contributed by atoms with Crippen LogP contribution in [0, 0.1) is 0 Å². The lowest BCUT2D eigenvalue weighted by atomic mass is 9.94. The van der Waals surface area contributed by atoms with Crippen LogP contribution in [0.2, 0.25) is 0 Å². The van der Waals surface area contributed by atoms with Crippen LogP contribution in [-0.4, -0.2) is 10.2 Å². The summed E-state index contributed by atoms with van der Waals surface area (Å²) in [6, 6.07) is 9.79. The Hall–Kier alpha value is -0.870. The van der Waals surface area contributed by atoms with Crippen LogP contribution in [0.5, 0.6) is 0 Å². The molecule has 78 valence electrons. The highest BCUT2D eigenvalue weighted by atomic mass is 32.2. The molecule has 1 aromatic carbocycles. The fourth-order valence-corrected chi connectivity index (χ4v) is 3.28. The number of thiocarbonyl (C=S) groups is 1. The molecule has 0 aromatic heterocycles. The summed E-state index contributed by atoms with van der Waals surface area (Å²) in [7, 11) is 0. The summed E-state index contributed by atoms with van der Waals surface area (Å²) in [6.07, 6.45) is 0.744. The van der Waals surface area contributed by atoms with E-state index in [-0.39, 0.29) is 5.91 Å². The van der Waals surface area contributed by atoms with E-state index in [2.05, 4.69) is 5.32 Å². The van der Waals surface area contributed by atoms with Crippen molar-refractivity contribution in [3.63, 3.8) is 0 Å². The zero-order chi connectivity index (χ0) is 10.9. The SMILES string of the molecule is CCC1(c2ccccc2)SC(=S)NC1=O. The molecule has 0 aliphatic carbocycles. The number of amides is 1. The third kappa shape index (κ3) is 1.68. The third-order valence-electron chi connectivity index (χ3n) is 2.59. The molecule has 1 aliphatic heterocycles. The van der Waals surface area contributed by atoms with Gasteiger partial charge in [0.25, 0.3) is 0 Å². The maximum absolute atomic E-state index is 11.9. The van der Waals surface area contributed by atoms with E-state index >= 15 is 0 Å². The zero-order valence-electron chi connectivity index (χ0n) is 8.32. The van der Waals surface area contributed by atoms with Gasteiger partial charge in [0.05, 0.1) is 0 Å². The Morgan fingerprint density at radius 3 is 2.53 bits per heavy atom. The van der Waals surface area contributed by atoms with Gasteiger partial charge in [0.2, 0.25) is 5.91 Å². The number of benzene rings is 1. The van der Waals surface area contributed by atoms with Crippen LogP contribution >= 0.6 is 24.0 Å². The van der Waals surface area contributed by atoms with Crippen molar-refractivity contribution in [1.82, 2.24) is 5.32 Å². The lowest BCUT2D eigenvalue weighted by molar-refractivity contribution is -0.121. The molecule has 1 atom stereocenters. The van der Waals surface area contributed by atoms with Crippen molar-refractivity contribution in [2.75, 3.05) is 0 Å². The van der Waals surface area contributed by atoms with Crippen molar-refractivity contribution in [2.45, 2.75) is 18.1 Å². The van der Waals surface area contributed by atoms with Crippen molar-refractivity contribution < 1.29 is 4.79 Å². The first kappa shape index (κ1) is 10.6. The lowest BCUT2D eigenvalue weighted by Gasteiger charge is -2.22. The predicted octanol–water partition coefficient (Wildman–Crippen LogP) is 2.44. The molecule has 1 fully saturated rings. The second-order valence-electron chi connectivity index (χ2n) is 3.39. The molecule has 1 aliphatic rings. The van der Waals surface area contributed by atoms with Crippen molar-refractivity contribution in [2.24, 2.45) is 0 Å². The van der Waals surface area contributed by atoms with E-state index < -0.39 is 4.75 Å².